The molecule has 60 valence electrons. The van der Waals surface area contributed by atoms with E-state index in [0.717, 1.165) is 3.70 Å². The molecule has 0 atom stereocenters. The summed E-state index contributed by atoms with van der Waals surface area (Å²) in [5.74, 6) is -0.212. The van der Waals surface area contributed by atoms with Gasteiger partial charge < -0.3 is 0 Å². The van der Waals surface area contributed by atoms with Gasteiger partial charge in [-0.1, -0.05) is 6.07 Å². The van der Waals surface area contributed by atoms with Gasteiger partial charge in [0.1, 0.15) is 9.52 Å². The molecule has 1 aromatic heterocycles. The number of pyridine rings is 1. The van der Waals surface area contributed by atoms with Crippen molar-refractivity contribution in [2.75, 3.05) is 0 Å². The van der Waals surface area contributed by atoms with E-state index in [1.165, 1.54) is 6.07 Å². The van der Waals surface area contributed by atoms with Crippen molar-refractivity contribution in [3.63, 3.8) is 0 Å². The normalized spacial score (nSPS) is 10.5. The summed E-state index contributed by atoms with van der Waals surface area (Å²) in [5, 5.41) is 0.581. The van der Waals surface area contributed by atoms with Gasteiger partial charge in [0.15, 0.2) is 0 Å². The molecule has 2 aromatic rings. The number of nitrogens with zero attached hydrogens (tertiary/aromatic N) is 1. The van der Waals surface area contributed by atoms with Crippen molar-refractivity contribution in [1.29, 1.82) is 0 Å². The molecule has 0 aliphatic rings. The number of hydrogen-bond acceptors (Lipinski definition) is 1. The Bertz CT molecular complexity index is 428. The van der Waals surface area contributed by atoms with Gasteiger partial charge in [-0.3, -0.25) is 0 Å². The van der Waals surface area contributed by atoms with Crippen LogP contribution in [0.2, 0.25) is 0 Å². The third-order valence-electron chi connectivity index (χ3n) is 1.64. The molecule has 1 heterocycles. The van der Waals surface area contributed by atoms with E-state index in [-0.39, 0.29) is 5.82 Å². The van der Waals surface area contributed by atoms with Crippen LogP contribution in [0.3, 0.4) is 0 Å². The first-order valence-corrected chi connectivity index (χ1v) is 4.56. The van der Waals surface area contributed by atoms with E-state index in [2.05, 4.69) is 27.6 Å². The molecule has 12 heavy (non-hydrogen) atoms. The maximum absolute atomic E-state index is 13.1. The molecule has 2 rings (SSSR count). The Labute approximate surface area is 82.8 Å². The molecule has 0 amide bonds. The van der Waals surface area contributed by atoms with E-state index in [9.17, 15) is 4.39 Å². The Kier molecular flexibility index (Phi) is 1.96. The van der Waals surface area contributed by atoms with E-state index in [4.69, 9.17) is 0 Å². The first-order chi connectivity index (χ1) is 5.77. The first kappa shape index (κ1) is 7.91. The first-order valence-electron chi connectivity index (χ1n) is 3.48. The molecule has 0 aliphatic heterocycles. The summed E-state index contributed by atoms with van der Waals surface area (Å²) in [6, 6.07) is 8.46. The van der Waals surface area contributed by atoms with Gasteiger partial charge >= 0.3 is 0 Å². The number of benzene rings is 1. The van der Waals surface area contributed by atoms with Crippen LogP contribution in [0.1, 0.15) is 0 Å². The Hall–Kier alpha value is -0.710. The topological polar surface area (TPSA) is 12.9 Å². The molecular weight excluding hydrogens is 268 g/mol. The minimum absolute atomic E-state index is 0.212. The fourth-order valence-corrected chi connectivity index (χ4v) is 1.53. The molecule has 0 bridgehead atoms. The van der Waals surface area contributed by atoms with Crippen molar-refractivity contribution in [3.05, 3.63) is 39.8 Å². The van der Waals surface area contributed by atoms with Crippen molar-refractivity contribution >= 4 is 33.5 Å². The Morgan fingerprint density at radius 3 is 2.83 bits per heavy atom. The second-order valence-electron chi connectivity index (χ2n) is 2.44. The maximum atomic E-state index is 13.1. The smallest absolute Gasteiger partial charge is 0.132 e. The lowest BCUT2D eigenvalue weighted by atomic mass is 10.2. The van der Waals surface area contributed by atoms with E-state index in [1.807, 2.05) is 0 Å². The van der Waals surface area contributed by atoms with Crippen LogP contribution >= 0.6 is 22.6 Å². The molecule has 1 nitrogen and oxygen atoms in total. The zero-order chi connectivity index (χ0) is 8.55. The molecule has 0 saturated carbocycles. The van der Waals surface area contributed by atoms with Crippen LogP contribution in [-0.4, -0.2) is 4.98 Å². The highest BCUT2D eigenvalue weighted by Crippen LogP contribution is 2.16. The highest BCUT2D eigenvalue weighted by atomic mass is 127. The summed E-state index contributed by atoms with van der Waals surface area (Å²) < 4.78 is 14.0. The molecule has 0 N–H and O–H groups in total. The van der Waals surface area contributed by atoms with Gasteiger partial charge in [0.2, 0.25) is 0 Å². The number of aromatic nitrogens is 1. The van der Waals surface area contributed by atoms with E-state index in [1.54, 1.807) is 24.3 Å². The Balaban J connectivity index is 2.86. The average Bonchev–Trinajstić information content (AvgIpc) is 2.04. The van der Waals surface area contributed by atoms with Gasteiger partial charge in [0.05, 0.1) is 5.52 Å². The van der Waals surface area contributed by atoms with Crippen molar-refractivity contribution in [2.24, 2.45) is 0 Å². The average molecular weight is 273 g/mol. The Morgan fingerprint density at radius 1 is 1.17 bits per heavy atom. The van der Waals surface area contributed by atoms with Crippen LogP contribution in [0, 0.1) is 9.52 Å². The van der Waals surface area contributed by atoms with Crippen molar-refractivity contribution < 1.29 is 4.39 Å². The zero-order valence-electron chi connectivity index (χ0n) is 6.09. The summed E-state index contributed by atoms with van der Waals surface area (Å²) in [5.41, 5.74) is 0.710. The molecule has 1 aromatic carbocycles. The standard InChI is InChI=1S/C9H5FIN/c10-7-2-1-3-8-6(7)4-5-9(11)12-8/h1-5H. The lowest BCUT2D eigenvalue weighted by Crippen LogP contribution is -1.84. The lowest BCUT2D eigenvalue weighted by molar-refractivity contribution is 0.639. The quantitative estimate of drug-likeness (QED) is 0.531. The number of rotatable bonds is 0. The number of fused-ring (bicyclic) bond motifs is 1. The van der Waals surface area contributed by atoms with Crippen molar-refractivity contribution in [1.82, 2.24) is 4.98 Å². The molecule has 0 saturated heterocycles. The zero-order valence-corrected chi connectivity index (χ0v) is 8.25. The number of hydrogen-bond donors (Lipinski definition) is 0. The highest BCUT2D eigenvalue weighted by Gasteiger charge is 1.99. The summed E-state index contributed by atoms with van der Waals surface area (Å²) >= 11 is 2.11. The van der Waals surface area contributed by atoms with Crippen LogP contribution in [0.15, 0.2) is 30.3 Å². The van der Waals surface area contributed by atoms with E-state index >= 15 is 0 Å². The molecule has 0 radical (unpaired) electrons. The van der Waals surface area contributed by atoms with Crippen LogP contribution < -0.4 is 0 Å². The minimum atomic E-state index is -0.212. The van der Waals surface area contributed by atoms with Gasteiger partial charge in [0.25, 0.3) is 0 Å². The fraction of sp³-hybridized carbons (Fsp3) is 0. The van der Waals surface area contributed by atoms with Gasteiger partial charge in [0, 0.05) is 5.39 Å². The largest absolute Gasteiger partial charge is 0.242 e. The SMILES string of the molecule is Fc1cccc2nc(I)ccc12. The lowest BCUT2D eigenvalue weighted by Gasteiger charge is -1.97. The van der Waals surface area contributed by atoms with Crippen LogP contribution in [0.4, 0.5) is 4.39 Å². The van der Waals surface area contributed by atoms with Crippen LogP contribution in [0.5, 0.6) is 0 Å². The van der Waals surface area contributed by atoms with Gasteiger partial charge in [-0.2, -0.15) is 0 Å². The fourth-order valence-electron chi connectivity index (χ4n) is 1.09. The Morgan fingerprint density at radius 2 is 2.00 bits per heavy atom. The van der Waals surface area contributed by atoms with E-state index in [0.29, 0.717) is 10.9 Å². The van der Waals surface area contributed by atoms with Gasteiger partial charge in [-0.05, 0) is 46.9 Å². The van der Waals surface area contributed by atoms with Crippen molar-refractivity contribution in [3.8, 4) is 0 Å². The highest BCUT2D eigenvalue weighted by molar-refractivity contribution is 14.1. The predicted octanol–water partition coefficient (Wildman–Crippen LogP) is 2.98. The number of halogens is 2. The molecule has 0 spiro atoms. The van der Waals surface area contributed by atoms with Crippen molar-refractivity contribution in [2.45, 2.75) is 0 Å². The summed E-state index contributed by atoms with van der Waals surface area (Å²) in [7, 11) is 0. The van der Waals surface area contributed by atoms with Crippen LogP contribution in [0.25, 0.3) is 10.9 Å². The third kappa shape index (κ3) is 1.29. The predicted molar refractivity (Wildman–Crippen MR) is 54.4 cm³/mol. The van der Waals surface area contributed by atoms with E-state index < -0.39 is 0 Å². The third-order valence-corrected chi connectivity index (χ3v) is 2.25. The second-order valence-corrected chi connectivity index (χ2v) is 3.55. The summed E-state index contributed by atoms with van der Waals surface area (Å²) in [6.07, 6.45) is 0. The van der Waals surface area contributed by atoms with Gasteiger partial charge in [-0.25, -0.2) is 9.37 Å². The minimum Gasteiger partial charge on any atom is -0.242 e. The summed E-state index contributed by atoms with van der Waals surface area (Å²) in [4.78, 5) is 4.18. The molecule has 0 aliphatic carbocycles. The molecule has 0 unspecified atom stereocenters. The molecular formula is C9H5FIN. The maximum Gasteiger partial charge on any atom is 0.132 e. The molecule has 3 heteroatoms. The monoisotopic (exact) mass is 273 g/mol. The molecule has 0 fully saturated rings. The van der Waals surface area contributed by atoms with Crippen LogP contribution in [-0.2, 0) is 0 Å². The second kappa shape index (κ2) is 2.97. The van der Waals surface area contributed by atoms with Gasteiger partial charge in [-0.15, -0.1) is 0 Å². The summed E-state index contributed by atoms with van der Waals surface area (Å²) in [6.45, 7) is 0.